The molecule has 27 heavy (non-hydrogen) atoms. The number of likely N-dealkylation sites (N-methyl/N-ethyl adjacent to an activating group) is 1. The Kier molecular flexibility index (Phi) is 14.6. The second-order valence-corrected chi connectivity index (χ2v) is 6.37. The molecular weight excluding hydrogens is 459 g/mol. The van der Waals surface area contributed by atoms with E-state index in [1.54, 1.807) is 21.3 Å². The van der Waals surface area contributed by atoms with Crippen molar-refractivity contribution in [2.75, 3.05) is 61.2 Å². The van der Waals surface area contributed by atoms with Gasteiger partial charge in [0.15, 0.2) is 5.96 Å². The smallest absolute Gasteiger partial charge is 0.191 e. The van der Waals surface area contributed by atoms with Crippen molar-refractivity contribution in [2.45, 2.75) is 33.4 Å². The van der Waals surface area contributed by atoms with E-state index in [4.69, 9.17) is 9.47 Å². The van der Waals surface area contributed by atoms with Gasteiger partial charge in [0.05, 0.1) is 18.8 Å². The maximum absolute atomic E-state index is 5.14. The summed E-state index contributed by atoms with van der Waals surface area (Å²) in [7, 11) is 7.36. The standard InChI is InChI=1S/C18H36N6O2.HI/c1-15-17(16(2)24(22-15)11-13-26-6)14-21-18(19-3)20-8-10-23(4)9-7-12-25-5;/h7-14H2,1-6H3,(H2,19,20,21);1H. The minimum Gasteiger partial charge on any atom is -0.385 e. The van der Waals surface area contributed by atoms with E-state index in [-0.39, 0.29) is 24.0 Å². The number of methoxy groups -OCH3 is 2. The Balaban J connectivity index is 0.00000676. The van der Waals surface area contributed by atoms with Gasteiger partial charge < -0.3 is 25.0 Å². The van der Waals surface area contributed by atoms with Crippen LogP contribution in [0.4, 0.5) is 0 Å². The molecule has 0 atom stereocenters. The fraction of sp³-hybridized carbons (Fsp3) is 0.778. The fourth-order valence-electron chi connectivity index (χ4n) is 2.73. The normalized spacial score (nSPS) is 11.6. The van der Waals surface area contributed by atoms with Crippen LogP contribution in [0.25, 0.3) is 0 Å². The summed E-state index contributed by atoms with van der Waals surface area (Å²) in [6.07, 6.45) is 1.05. The molecule has 0 aliphatic carbocycles. The van der Waals surface area contributed by atoms with Crippen LogP contribution in [0.5, 0.6) is 0 Å². The van der Waals surface area contributed by atoms with Crippen LogP contribution in [0.3, 0.4) is 0 Å². The van der Waals surface area contributed by atoms with Gasteiger partial charge in [-0.25, -0.2) is 0 Å². The van der Waals surface area contributed by atoms with Crippen LogP contribution in [0.2, 0.25) is 0 Å². The molecule has 0 aromatic carbocycles. The molecule has 1 heterocycles. The van der Waals surface area contributed by atoms with Gasteiger partial charge in [-0.1, -0.05) is 0 Å². The molecule has 0 aliphatic heterocycles. The first-order valence-electron chi connectivity index (χ1n) is 9.17. The lowest BCUT2D eigenvalue weighted by Gasteiger charge is -2.18. The molecule has 0 fully saturated rings. The van der Waals surface area contributed by atoms with E-state index < -0.39 is 0 Å². The van der Waals surface area contributed by atoms with Crippen LogP contribution in [-0.2, 0) is 22.6 Å². The molecule has 0 aliphatic rings. The maximum atomic E-state index is 5.14. The van der Waals surface area contributed by atoms with Gasteiger partial charge in [-0.05, 0) is 27.3 Å². The summed E-state index contributed by atoms with van der Waals surface area (Å²) in [5, 5.41) is 11.3. The van der Waals surface area contributed by atoms with E-state index >= 15 is 0 Å². The molecule has 0 bridgehead atoms. The van der Waals surface area contributed by atoms with Crippen molar-refractivity contribution in [3.05, 3.63) is 17.0 Å². The minimum atomic E-state index is 0. The molecule has 0 saturated carbocycles. The van der Waals surface area contributed by atoms with Crippen LogP contribution >= 0.6 is 24.0 Å². The van der Waals surface area contributed by atoms with Crippen molar-refractivity contribution in [3.8, 4) is 0 Å². The third kappa shape index (κ3) is 9.72. The molecule has 158 valence electrons. The topological polar surface area (TPSA) is 75.9 Å². The van der Waals surface area contributed by atoms with E-state index in [1.807, 2.05) is 11.6 Å². The number of nitrogens with one attached hydrogen (secondary N) is 2. The zero-order valence-corrected chi connectivity index (χ0v) is 20.0. The second-order valence-electron chi connectivity index (χ2n) is 6.37. The number of rotatable bonds is 12. The molecule has 2 N–H and O–H groups in total. The molecule has 1 rings (SSSR count). The van der Waals surface area contributed by atoms with Gasteiger partial charge in [0, 0.05) is 65.3 Å². The summed E-state index contributed by atoms with van der Waals surface area (Å²) in [6, 6.07) is 0. The molecule has 1 aromatic heterocycles. The second kappa shape index (κ2) is 15.1. The minimum absolute atomic E-state index is 0. The maximum Gasteiger partial charge on any atom is 0.191 e. The SMILES string of the molecule is CN=C(NCCN(C)CCCOC)NCc1c(C)nn(CCOC)c1C.I. The summed E-state index contributed by atoms with van der Waals surface area (Å²) in [5.41, 5.74) is 3.42. The van der Waals surface area contributed by atoms with Crippen LogP contribution in [0.15, 0.2) is 4.99 Å². The van der Waals surface area contributed by atoms with Gasteiger partial charge in [0.25, 0.3) is 0 Å². The van der Waals surface area contributed by atoms with E-state index in [0.29, 0.717) is 13.2 Å². The highest BCUT2D eigenvalue weighted by Gasteiger charge is 2.11. The quantitative estimate of drug-likeness (QED) is 0.197. The van der Waals surface area contributed by atoms with Crippen LogP contribution in [-0.4, -0.2) is 81.8 Å². The summed E-state index contributed by atoms with van der Waals surface area (Å²) in [4.78, 5) is 6.58. The van der Waals surface area contributed by atoms with Crippen molar-refractivity contribution in [1.82, 2.24) is 25.3 Å². The first-order chi connectivity index (χ1) is 12.5. The predicted molar refractivity (Wildman–Crippen MR) is 121 cm³/mol. The summed E-state index contributed by atoms with van der Waals surface area (Å²) >= 11 is 0. The van der Waals surface area contributed by atoms with Gasteiger partial charge in [0.1, 0.15) is 0 Å². The van der Waals surface area contributed by atoms with Crippen molar-refractivity contribution < 1.29 is 9.47 Å². The molecule has 0 saturated heterocycles. The van der Waals surface area contributed by atoms with Crippen molar-refractivity contribution in [3.63, 3.8) is 0 Å². The number of halogens is 1. The van der Waals surface area contributed by atoms with E-state index in [2.05, 4.69) is 39.6 Å². The Morgan fingerprint density at radius 2 is 1.85 bits per heavy atom. The zero-order valence-electron chi connectivity index (χ0n) is 17.7. The number of hydrogen-bond donors (Lipinski definition) is 2. The fourth-order valence-corrected chi connectivity index (χ4v) is 2.73. The highest BCUT2D eigenvalue weighted by Crippen LogP contribution is 2.12. The summed E-state index contributed by atoms with van der Waals surface area (Å²) in [6.45, 7) is 9.90. The Hall–Kier alpha value is -0.910. The molecule has 9 heteroatoms. The van der Waals surface area contributed by atoms with Gasteiger partial charge in [0.2, 0.25) is 0 Å². The monoisotopic (exact) mass is 496 g/mol. The van der Waals surface area contributed by atoms with E-state index in [1.165, 1.54) is 11.3 Å². The molecule has 1 aromatic rings. The van der Waals surface area contributed by atoms with Gasteiger partial charge in [-0.15, -0.1) is 24.0 Å². The van der Waals surface area contributed by atoms with Crippen molar-refractivity contribution in [2.24, 2.45) is 4.99 Å². The predicted octanol–water partition coefficient (Wildman–Crippen LogP) is 1.40. The molecule has 0 radical (unpaired) electrons. The Morgan fingerprint density at radius 3 is 2.48 bits per heavy atom. The summed E-state index contributed by atoms with van der Waals surface area (Å²) < 4.78 is 12.2. The number of aryl methyl sites for hydroxylation is 1. The first-order valence-corrected chi connectivity index (χ1v) is 9.17. The third-order valence-electron chi connectivity index (χ3n) is 4.37. The summed E-state index contributed by atoms with van der Waals surface area (Å²) in [5.74, 6) is 0.804. The van der Waals surface area contributed by atoms with Crippen LogP contribution in [0, 0.1) is 13.8 Å². The number of nitrogens with zero attached hydrogens (tertiary/aromatic N) is 4. The molecule has 0 unspecified atom stereocenters. The molecule has 8 nitrogen and oxygen atoms in total. The van der Waals surface area contributed by atoms with Crippen LogP contribution in [0.1, 0.15) is 23.4 Å². The number of hydrogen-bond acceptors (Lipinski definition) is 5. The number of guanidine groups is 1. The van der Waals surface area contributed by atoms with Gasteiger partial charge in [-0.2, -0.15) is 5.10 Å². The average molecular weight is 496 g/mol. The largest absolute Gasteiger partial charge is 0.385 e. The lowest BCUT2D eigenvalue weighted by Crippen LogP contribution is -2.40. The lowest BCUT2D eigenvalue weighted by atomic mass is 10.2. The van der Waals surface area contributed by atoms with Crippen molar-refractivity contribution >= 4 is 29.9 Å². The number of ether oxygens (including phenoxy) is 2. The van der Waals surface area contributed by atoms with E-state index in [9.17, 15) is 0 Å². The molecule has 0 spiro atoms. The number of aromatic nitrogens is 2. The Bertz CT molecular complexity index is 550. The molecular formula is C18H37IN6O2. The lowest BCUT2D eigenvalue weighted by molar-refractivity contribution is 0.180. The average Bonchev–Trinajstić information content (AvgIpc) is 2.90. The Morgan fingerprint density at radius 1 is 1.15 bits per heavy atom. The highest BCUT2D eigenvalue weighted by atomic mass is 127. The Labute approximate surface area is 181 Å². The number of aliphatic imine (C=N–C) groups is 1. The van der Waals surface area contributed by atoms with Crippen LogP contribution < -0.4 is 10.6 Å². The zero-order chi connectivity index (χ0) is 19.4. The highest BCUT2D eigenvalue weighted by molar-refractivity contribution is 14.0. The first kappa shape index (κ1) is 26.1. The van der Waals surface area contributed by atoms with Gasteiger partial charge >= 0.3 is 0 Å². The van der Waals surface area contributed by atoms with Gasteiger partial charge in [-0.3, -0.25) is 9.67 Å². The van der Waals surface area contributed by atoms with E-state index in [0.717, 1.165) is 50.9 Å². The molecule has 0 amide bonds. The van der Waals surface area contributed by atoms with Crippen molar-refractivity contribution in [1.29, 1.82) is 0 Å². The third-order valence-corrected chi connectivity index (χ3v) is 4.37.